The summed E-state index contributed by atoms with van der Waals surface area (Å²) in [4.78, 5) is 12.0. The third-order valence-electron chi connectivity index (χ3n) is 3.51. The van der Waals surface area contributed by atoms with E-state index < -0.39 is 0 Å². The Labute approximate surface area is 149 Å². The van der Waals surface area contributed by atoms with E-state index in [0.29, 0.717) is 23.3 Å². The second-order valence-electron chi connectivity index (χ2n) is 5.52. The van der Waals surface area contributed by atoms with Crippen molar-refractivity contribution in [2.75, 3.05) is 5.32 Å². The Kier molecular flexibility index (Phi) is 5.84. The number of unbranched alkanes of at least 4 members (excludes halogenated alkanes) is 1. The summed E-state index contributed by atoms with van der Waals surface area (Å²) < 4.78 is 5.59. The first-order valence-electron chi connectivity index (χ1n) is 8.24. The third kappa shape index (κ3) is 4.93. The van der Waals surface area contributed by atoms with Crippen molar-refractivity contribution in [2.45, 2.75) is 39.0 Å². The summed E-state index contributed by atoms with van der Waals surface area (Å²) in [5.74, 6) is 0.758. The first-order valence-corrected chi connectivity index (χ1v) is 9.06. The third-order valence-corrected chi connectivity index (χ3v) is 4.41. The minimum absolute atomic E-state index is 0.141. The normalized spacial score (nSPS) is 10.8. The molecule has 0 bridgehead atoms. The predicted molar refractivity (Wildman–Crippen MR) is 95.2 cm³/mol. The zero-order valence-corrected chi connectivity index (χ0v) is 14.8. The maximum absolute atomic E-state index is 12.0. The van der Waals surface area contributed by atoms with Crippen LogP contribution in [0.2, 0.25) is 0 Å². The number of amides is 1. The van der Waals surface area contributed by atoms with Crippen LogP contribution >= 0.6 is 11.3 Å². The number of aryl methyl sites for hydroxylation is 2. The summed E-state index contributed by atoms with van der Waals surface area (Å²) in [6.07, 6.45) is 3.71. The summed E-state index contributed by atoms with van der Waals surface area (Å²) in [5, 5.41) is 20.3. The molecular weight excluding hydrogens is 338 g/mol. The van der Waals surface area contributed by atoms with Gasteiger partial charge in [-0.05, 0) is 18.6 Å². The summed E-state index contributed by atoms with van der Waals surface area (Å²) in [5.41, 5.74) is 0.860. The average molecular weight is 357 g/mol. The fourth-order valence-electron chi connectivity index (χ4n) is 2.19. The van der Waals surface area contributed by atoms with Crippen LogP contribution in [0, 0.1) is 0 Å². The van der Waals surface area contributed by atoms with Gasteiger partial charge in [0.15, 0.2) is 0 Å². The van der Waals surface area contributed by atoms with Gasteiger partial charge in [-0.25, -0.2) is 0 Å². The minimum atomic E-state index is -0.141. The number of nitrogens with one attached hydrogen (secondary N) is 1. The molecule has 0 radical (unpaired) electrons. The summed E-state index contributed by atoms with van der Waals surface area (Å²) in [6, 6.07) is 9.53. The van der Waals surface area contributed by atoms with Crippen LogP contribution in [0.5, 0.6) is 0 Å². The number of hydrogen-bond acceptors (Lipinski definition) is 7. The van der Waals surface area contributed by atoms with E-state index in [1.54, 1.807) is 0 Å². The molecule has 25 heavy (non-hydrogen) atoms. The number of rotatable bonds is 8. The molecule has 0 atom stereocenters. The summed E-state index contributed by atoms with van der Waals surface area (Å²) in [6.45, 7) is 2.13. The number of benzene rings is 1. The number of carbonyl (C=O) groups is 1. The van der Waals surface area contributed by atoms with Gasteiger partial charge >= 0.3 is 0 Å². The molecule has 8 heteroatoms. The molecule has 0 spiro atoms. The Balaban J connectivity index is 1.49. The van der Waals surface area contributed by atoms with E-state index in [9.17, 15) is 4.79 Å². The Morgan fingerprint density at radius 2 is 1.96 bits per heavy atom. The van der Waals surface area contributed by atoms with Gasteiger partial charge in [0.05, 0.1) is 0 Å². The van der Waals surface area contributed by atoms with Crippen LogP contribution < -0.4 is 5.32 Å². The quantitative estimate of drug-likeness (QED) is 0.663. The van der Waals surface area contributed by atoms with Gasteiger partial charge in [0, 0.05) is 24.8 Å². The number of hydrogen-bond donors (Lipinski definition) is 1. The van der Waals surface area contributed by atoms with Crippen molar-refractivity contribution < 1.29 is 9.21 Å². The van der Waals surface area contributed by atoms with E-state index >= 15 is 0 Å². The van der Waals surface area contributed by atoms with E-state index in [1.807, 2.05) is 30.3 Å². The van der Waals surface area contributed by atoms with Crippen LogP contribution in [0.15, 0.2) is 34.7 Å². The van der Waals surface area contributed by atoms with Gasteiger partial charge in [0.1, 0.15) is 5.01 Å². The first kappa shape index (κ1) is 17.2. The molecule has 0 saturated heterocycles. The molecule has 0 fully saturated rings. The van der Waals surface area contributed by atoms with Crippen LogP contribution in [-0.2, 0) is 17.6 Å². The lowest BCUT2D eigenvalue weighted by atomic mass is 10.2. The van der Waals surface area contributed by atoms with Crippen molar-refractivity contribution in [3.05, 3.63) is 41.2 Å². The fraction of sp³-hybridized carbons (Fsp3) is 0.353. The van der Waals surface area contributed by atoms with Crippen LogP contribution in [-0.4, -0.2) is 26.3 Å². The molecule has 2 aromatic heterocycles. The van der Waals surface area contributed by atoms with Gasteiger partial charge in [-0.15, -0.1) is 20.4 Å². The Hall–Kier alpha value is -2.61. The second-order valence-corrected chi connectivity index (χ2v) is 6.58. The first-order chi connectivity index (χ1) is 12.2. The van der Waals surface area contributed by atoms with Crippen molar-refractivity contribution in [1.29, 1.82) is 0 Å². The number of carbonyl (C=O) groups excluding carboxylic acids is 1. The number of anilines is 1. The molecule has 130 valence electrons. The fourth-order valence-corrected chi connectivity index (χ4v) is 2.99. The van der Waals surface area contributed by atoms with E-state index in [2.05, 4.69) is 32.6 Å². The molecule has 1 N–H and O–H groups in total. The second kappa shape index (κ2) is 8.48. The van der Waals surface area contributed by atoms with Crippen molar-refractivity contribution >= 4 is 22.4 Å². The van der Waals surface area contributed by atoms with E-state index in [0.717, 1.165) is 29.8 Å². The summed E-state index contributed by atoms with van der Waals surface area (Å²) >= 11 is 1.42. The maximum atomic E-state index is 12.0. The molecule has 0 unspecified atom stereocenters. The predicted octanol–water partition coefficient (Wildman–Crippen LogP) is 3.50. The molecule has 0 saturated carbocycles. The zero-order valence-electron chi connectivity index (χ0n) is 13.9. The molecule has 0 aliphatic heterocycles. The molecular formula is C17H19N5O2S. The maximum Gasteiger partial charge on any atom is 0.247 e. The van der Waals surface area contributed by atoms with Crippen LogP contribution in [0.1, 0.15) is 37.1 Å². The Morgan fingerprint density at radius 1 is 1.12 bits per heavy atom. The van der Waals surface area contributed by atoms with Crippen molar-refractivity contribution in [3.63, 3.8) is 0 Å². The molecule has 0 aliphatic carbocycles. The number of aromatic nitrogens is 4. The van der Waals surface area contributed by atoms with Gasteiger partial charge < -0.3 is 9.73 Å². The molecule has 3 rings (SSSR count). The van der Waals surface area contributed by atoms with Gasteiger partial charge in [-0.1, -0.05) is 42.9 Å². The van der Waals surface area contributed by atoms with Crippen LogP contribution in [0.4, 0.5) is 5.13 Å². The monoisotopic (exact) mass is 357 g/mol. The lowest BCUT2D eigenvalue weighted by Gasteiger charge is -1.98. The van der Waals surface area contributed by atoms with E-state index in [1.165, 1.54) is 11.3 Å². The Bertz CT molecular complexity index is 815. The highest BCUT2D eigenvalue weighted by atomic mass is 32.1. The topological polar surface area (TPSA) is 93.8 Å². The molecule has 1 aromatic carbocycles. The smallest absolute Gasteiger partial charge is 0.247 e. The van der Waals surface area contributed by atoms with Crippen molar-refractivity contribution in [1.82, 2.24) is 20.4 Å². The Morgan fingerprint density at radius 3 is 2.76 bits per heavy atom. The van der Waals surface area contributed by atoms with Gasteiger partial charge in [-0.3, -0.25) is 4.79 Å². The van der Waals surface area contributed by atoms with Gasteiger partial charge in [-0.2, -0.15) is 0 Å². The lowest BCUT2D eigenvalue weighted by Crippen LogP contribution is -2.12. The lowest BCUT2D eigenvalue weighted by molar-refractivity contribution is -0.116. The average Bonchev–Trinajstić information content (AvgIpc) is 3.28. The molecule has 3 aromatic rings. The SMILES string of the molecule is CCCCc1nnc(NC(=O)CCc2nnc(-c3ccccc3)o2)s1. The largest absolute Gasteiger partial charge is 0.421 e. The molecule has 2 heterocycles. The van der Waals surface area contributed by atoms with Crippen molar-refractivity contribution in [3.8, 4) is 11.5 Å². The van der Waals surface area contributed by atoms with Crippen LogP contribution in [0.3, 0.4) is 0 Å². The van der Waals surface area contributed by atoms with Crippen molar-refractivity contribution in [2.24, 2.45) is 0 Å². The van der Waals surface area contributed by atoms with Gasteiger partial charge in [0.25, 0.3) is 0 Å². The zero-order chi connectivity index (χ0) is 17.5. The van der Waals surface area contributed by atoms with E-state index in [4.69, 9.17) is 4.42 Å². The molecule has 1 amide bonds. The standard InChI is InChI=1S/C17H19N5O2S/c1-2-3-9-15-20-22-17(25-15)18-13(23)10-11-14-19-21-16(24-14)12-7-5-4-6-8-12/h4-8H,2-3,9-11H2,1H3,(H,18,22,23). The van der Waals surface area contributed by atoms with E-state index in [-0.39, 0.29) is 12.3 Å². The number of nitrogens with zero attached hydrogens (tertiary/aromatic N) is 4. The highest BCUT2D eigenvalue weighted by Gasteiger charge is 2.12. The highest BCUT2D eigenvalue weighted by molar-refractivity contribution is 7.15. The van der Waals surface area contributed by atoms with Crippen LogP contribution in [0.25, 0.3) is 11.5 Å². The summed E-state index contributed by atoms with van der Waals surface area (Å²) in [7, 11) is 0. The minimum Gasteiger partial charge on any atom is -0.421 e. The highest BCUT2D eigenvalue weighted by Crippen LogP contribution is 2.19. The molecule has 7 nitrogen and oxygen atoms in total. The van der Waals surface area contributed by atoms with Gasteiger partial charge in [0.2, 0.25) is 22.8 Å². The molecule has 0 aliphatic rings.